The van der Waals surface area contributed by atoms with Gasteiger partial charge < -0.3 is 14.4 Å². The zero-order valence-corrected chi connectivity index (χ0v) is 21.8. The Morgan fingerprint density at radius 3 is 3.00 bits per heavy atom. The molecule has 10 heteroatoms. The van der Waals surface area contributed by atoms with Crippen LogP contribution in [0.5, 0.6) is 5.75 Å². The number of benzene rings is 1. The average Bonchev–Trinajstić information content (AvgIpc) is 3.79. The molecule has 0 bridgehead atoms. The summed E-state index contributed by atoms with van der Waals surface area (Å²) in [5.74, 6) is 0.668. The van der Waals surface area contributed by atoms with Crippen molar-refractivity contribution in [3.8, 4) is 34.3 Å². The van der Waals surface area contributed by atoms with Gasteiger partial charge in [-0.15, -0.1) is 0 Å². The van der Waals surface area contributed by atoms with E-state index in [0.29, 0.717) is 31.1 Å². The number of carbonyl (C=O) groups excluding carboxylic acids is 1. The van der Waals surface area contributed by atoms with Crippen LogP contribution in [0.25, 0.3) is 33.5 Å². The van der Waals surface area contributed by atoms with Gasteiger partial charge in [0.2, 0.25) is 0 Å². The number of carbonyl (C=O) groups is 1. The molecule has 10 nitrogen and oxygen atoms in total. The SMILES string of the molecule is COc1cc2[nH]nc(-c3cnn(C4CCN(C(=O)C5CCCO5)C4)c3)c2nc1-c1cccc2c1CCC2C#N. The number of methoxy groups -OCH3 is 1. The van der Waals surface area contributed by atoms with E-state index in [2.05, 4.69) is 27.4 Å². The lowest BCUT2D eigenvalue weighted by Gasteiger charge is -2.20. The number of hydrogen-bond acceptors (Lipinski definition) is 7. The molecular weight excluding hydrogens is 494 g/mol. The van der Waals surface area contributed by atoms with Gasteiger partial charge in [0.1, 0.15) is 28.8 Å². The molecule has 1 amide bonds. The summed E-state index contributed by atoms with van der Waals surface area (Å²) in [6.07, 6.45) is 7.77. The number of nitrogens with zero attached hydrogens (tertiary/aromatic N) is 6. The number of rotatable bonds is 5. The first kappa shape index (κ1) is 23.9. The van der Waals surface area contributed by atoms with E-state index in [1.54, 1.807) is 7.11 Å². The van der Waals surface area contributed by atoms with Crippen LogP contribution in [0.2, 0.25) is 0 Å². The van der Waals surface area contributed by atoms with Crippen molar-refractivity contribution >= 4 is 16.9 Å². The van der Waals surface area contributed by atoms with Crippen molar-refractivity contribution < 1.29 is 14.3 Å². The van der Waals surface area contributed by atoms with Gasteiger partial charge in [0.25, 0.3) is 5.91 Å². The molecule has 2 fully saturated rings. The molecule has 39 heavy (non-hydrogen) atoms. The van der Waals surface area contributed by atoms with E-state index in [1.807, 2.05) is 40.2 Å². The summed E-state index contributed by atoms with van der Waals surface area (Å²) in [6, 6.07) is 10.6. The highest BCUT2D eigenvalue weighted by Gasteiger charge is 2.34. The number of hydrogen-bond donors (Lipinski definition) is 1. The van der Waals surface area contributed by atoms with Crippen molar-refractivity contribution in [2.45, 2.75) is 50.2 Å². The van der Waals surface area contributed by atoms with Crippen molar-refractivity contribution in [2.75, 3.05) is 26.8 Å². The molecule has 1 aromatic carbocycles. The maximum Gasteiger partial charge on any atom is 0.251 e. The largest absolute Gasteiger partial charge is 0.494 e. The predicted molar refractivity (Wildman–Crippen MR) is 143 cm³/mol. The molecule has 2 saturated heterocycles. The number of H-pyrrole nitrogens is 1. The molecule has 2 aliphatic heterocycles. The lowest BCUT2D eigenvalue weighted by Crippen LogP contribution is -2.37. The molecule has 0 saturated carbocycles. The van der Waals surface area contributed by atoms with Gasteiger partial charge in [-0.2, -0.15) is 15.5 Å². The van der Waals surface area contributed by atoms with Gasteiger partial charge >= 0.3 is 0 Å². The van der Waals surface area contributed by atoms with Crippen LogP contribution in [0.15, 0.2) is 36.7 Å². The highest BCUT2D eigenvalue weighted by molar-refractivity contribution is 5.93. The highest BCUT2D eigenvalue weighted by Crippen LogP contribution is 2.42. The second kappa shape index (κ2) is 9.50. The maximum absolute atomic E-state index is 12.8. The molecule has 7 rings (SSSR count). The fraction of sp³-hybridized carbons (Fsp3) is 0.414. The second-order valence-electron chi connectivity index (χ2n) is 10.5. The Balaban J connectivity index is 1.20. The van der Waals surface area contributed by atoms with E-state index in [1.165, 1.54) is 0 Å². The minimum atomic E-state index is -0.291. The van der Waals surface area contributed by atoms with E-state index in [-0.39, 0.29) is 24.0 Å². The van der Waals surface area contributed by atoms with Gasteiger partial charge in [-0.25, -0.2) is 4.98 Å². The van der Waals surface area contributed by atoms with Gasteiger partial charge in [-0.1, -0.05) is 18.2 Å². The Bertz CT molecular complexity index is 1610. The first-order valence-corrected chi connectivity index (χ1v) is 13.5. The summed E-state index contributed by atoms with van der Waals surface area (Å²) in [7, 11) is 1.64. The van der Waals surface area contributed by atoms with Crippen molar-refractivity contribution in [3.63, 3.8) is 0 Å². The van der Waals surface area contributed by atoms with E-state index in [9.17, 15) is 10.1 Å². The molecule has 0 spiro atoms. The van der Waals surface area contributed by atoms with Gasteiger partial charge in [-0.05, 0) is 43.2 Å². The first-order valence-electron chi connectivity index (χ1n) is 13.5. The molecule has 3 atom stereocenters. The quantitative estimate of drug-likeness (QED) is 0.419. The Morgan fingerprint density at radius 2 is 2.18 bits per heavy atom. The number of aromatic amines is 1. The smallest absolute Gasteiger partial charge is 0.251 e. The minimum absolute atomic E-state index is 0.0857. The van der Waals surface area contributed by atoms with Gasteiger partial charge in [0.15, 0.2) is 0 Å². The third kappa shape index (κ3) is 3.96. The number of pyridine rings is 1. The van der Waals surface area contributed by atoms with Gasteiger partial charge in [0, 0.05) is 43.1 Å². The summed E-state index contributed by atoms with van der Waals surface area (Å²) in [6.45, 7) is 2.01. The van der Waals surface area contributed by atoms with Crippen LogP contribution in [0.1, 0.15) is 48.8 Å². The number of fused-ring (bicyclic) bond motifs is 2. The van der Waals surface area contributed by atoms with E-state index in [4.69, 9.17) is 14.5 Å². The standard InChI is InChI=1S/C29H29N7O3/c1-38-25-12-23-28(32-27(25)22-5-2-4-20-17(13-30)7-8-21(20)22)26(34-33-23)18-14-31-36(15-18)19-9-10-35(16-19)29(37)24-6-3-11-39-24/h2,4-5,12,14-15,17,19,24H,3,6-11,16H2,1H3,(H,33,34). The molecule has 5 heterocycles. The summed E-state index contributed by atoms with van der Waals surface area (Å²) in [5, 5.41) is 21.9. The van der Waals surface area contributed by atoms with E-state index in [0.717, 1.165) is 71.1 Å². The van der Waals surface area contributed by atoms with Crippen LogP contribution in [0.3, 0.4) is 0 Å². The Kier molecular flexibility index (Phi) is 5.81. The summed E-state index contributed by atoms with van der Waals surface area (Å²) in [4.78, 5) is 19.8. The van der Waals surface area contributed by atoms with Crippen molar-refractivity contribution in [1.82, 2.24) is 29.9 Å². The van der Waals surface area contributed by atoms with Crippen molar-refractivity contribution in [2.24, 2.45) is 0 Å². The summed E-state index contributed by atoms with van der Waals surface area (Å²) in [5.41, 5.74) is 7.06. The fourth-order valence-corrected chi connectivity index (χ4v) is 6.28. The minimum Gasteiger partial charge on any atom is -0.494 e. The molecule has 3 aromatic heterocycles. The third-order valence-electron chi connectivity index (χ3n) is 8.33. The molecule has 0 radical (unpaired) electrons. The van der Waals surface area contributed by atoms with Crippen LogP contribution in [-0.4, -0.2) is 68.7 Å². The molecule has 4 aromatic rings. The summed E-state index contributed by atoms with van der Waals surface area (Å²) >= 11 is 0. The Morgan fingerprint density at radius 1 is 1.26 bits per heavy atom. The molecular formula is C29H29N7O3. The zero-order chi connectivity index (χ0) is 26.5. The van der Waals surface area contributed by atoms with Crippen LogP contribution >= 0.6 is 0 Å². The molecule has 1 aliphatic carbocycles. The molecule has 1 N–H and O–H groups in total. The molecule has 3 aliphatic rings. The maximum atomic E-state index is 12.8. The number of ether oxygens (including phenoxy) is 2. The highest BCUT2D eigenvalue weighted by atomic mass is 16.5. The van der Waals surface area contributed by atoms with Crippen LogP contribution < -0.4 is 4.74 Å². The summed E-state index contributed by atoms with van der Waals surface area (Å²) < 4.78 is 13.3. The Labute approximate surface area is 225 Å². The van der Waals surface area contributed by atoms with Crippen LogP contribution in [-0.2, 0) is 16.0 Å². The first-order chi connectivity index (χ1) is 19.1. The molecule has 198 valence electrons. The zero-order valence-electron chi connectivity index (χ0n) is 21.8. The molecule has 3 unspecified atom stereocenters. The lowest BCUT2D eigenvalue weighted by atomic mass is 9.97. The number of aromatic nitrogens is 5. The van der Waals surface area contributed by atoms with Crippen molar-refractivity contribution in [3.05, 3.63) is 47.8 Å². The van der Waals surface area contributed by atoms with E-state index >= 15 is 0 Å². The van der Waals surface area contributed by atoms with E-state index < -0.39 is 0 Å². The fourth-order valence-electron chi connectivity index (χ4n) is 6.28. The number of nitrogens with one attached hydrogen (secondary N) is 1. The topological polar surface area (TPSA) is 122 Å². The monoisotopic (exact) mass is 523 g/mol. The van der Waals surface area contributed by atoms with Crippen LogP contribution in [0, 0.1) is 11.3 Å². The predicted octanol–water partition coefficient (Wildman–Crippen LogP) is 4.00. The second-order valence-corrected chi connectivity index (χ2v) is 10.5. The number of likely N-dealkylation sites (tertiary alicyclic amines) is 1. The number of amides is 1. The van der Waals surface area contributed by atoms with Gasteiger partial charge in [0.05, 0.1) is 36.9 Å². The average molecular weight is 524 g/mol. The van der Waals surface area contributed by atoms with Crippen molar-refractivity contribution in [1.29, 1.82) is 5.26 Å². The Hall–Kier alpha value is -4.23. The third-order valence-corrected chi connectivity index (χ3v) is 8.33. The van der Waals surface area contributed by atoms with Gasteiger partial charge in [-0.3, -0.25) is 14.6 Å². The normalized spacial score (nSPS) is 22.4. The lowest BCUT2D eigenvalue weighted by molar-refractivity contribution is -0.139. The van der Waals surface area contributed by atoms with Crippen LogP contribution in [0.4, 0.5) is 0 Å². The number of nitriles is 1.